The number of hydrogen-bond donors (Lipinski definition) is 2. The minimum absolute atomic E-state index is 0.154. The van der Waals surface area contributed by atoms with E-state index in [1.165, 1.54) is 0 Å². The fourth-order valence-electron chi connectivity index (χ4n) is 1.63. The lowest BCUT2D eigenvalue weighted by Crippen LogP contribution is -2.49. The maximum absolute atomic E-state index is 12.2. The van der Waals surface area contributed by atoms with E-state index in [2.05, 4.69) is 5.32 Å². The second kappa shape index (κ2) is 8.60. The lowest BCUT2D eigenvalue weighted by molar-refractivity contribution is -0.166. The van der Waals surface area contributed by atoms with Gasteiger partial charge in [-0.15, -0.1) is 0 Å². The molecule has 0 rings (SSSR count). The standard InChI is InChI=1S/C15H27NO6/c1-7-9(3)11(16-14(20)22-15(4,5)6)13(19)21-10(8-2)12(17)18/h9-11H,7-8H2,1-6H3,(H,16,20)(H,17,18)/t9-,10?,11-/m0/s1. The van der Waals surface area contributed by atoms with E-state index in [4.69, 9.17) is 14.6 Å². The average molecular weight is 317 g/mol. The molecule has 0 spiro atoms. The van der Waals surface area contributed by atoms with E-state index in [0.29, 0.717) is 6.42 Å². The van der Waals surface area contributed by atoms with Gasteiger partial charge >= 0.3 is 18.0 Å². The molecular formula is C15H27NO6. The van der Waals surface area contributed by atoms with Crippen molar-refractivity contribution in [3.05, 3.63) is 0 Å². The average Bonchev–Trinajstić information content (AvgIpc) is 2.38. The van der Waals surface area contributed by atoms with Crippen LogP contribution in [0, 0.1) is 5.92 Å². The highest BCUT2D eigenvalue weighted by Crippen LogP contribution is 2.13. The first kappa shape index (κ1) is 20.2. The van der Waals surface area contributed by atoms with Gasteiger partial charge in [0.15, 0.2) is 6.10 Å². The van der Waals surface area contributed by atoms with Crippen LogP contribution in [0.25, 0.3) is 0 Å². The van der Waals surface area contributed by atoms with E-state index in [-0.39, 0.29) is 12.3 Å². The maximum Gasteiger partial charge on any atom is 0.408 e. The molecule has 2 N–H and O–H groups in total. The normalized spacial score (nSPS) is 15.4. The predicted octanol–water partition coefficient (Wildman–Crippen LogP) is 2.33. The van der Waals surface area contributed by atoms with Crippen molar-refractivity contribution in [3.8, 4) is 0 Å². The van der Waals surface area contributed by atoms with Crippen LogP contribution in [0.3, 0.4) is 0 Å². The number of ether oxygens (including phenoxy) is 2. The Morgan fingerprint density at radius 1 is 1.14 bits per heavy atom. The highest BCUT2D eigenvalue weighted by Gasteiger charge is 2.32. The third-order valence-electron chi connectivity index (χ3n) is 3.04. The van der Waals surface area contributed by atoms with Crippen molar-refractivity contribution >= 4 is 18.0 Å². The molecule has 0 aromatic heterocycles. The number of hydrogen-bond acceptors (Lipinski definition) is 5. The molecule has 0 heterocycles. The van der Waals surface area contributed by atoms with Gasteiger partial charge in [0.2, 0.25) is 0 Å². The van der Waals surface area contributed by atoms with Crippen LogP contribution >= 0.6 is 0 Å². The number of rotatable bonds is 7. The van der Waals surface area contributed by atoms with E-state index < -0.39 is 35.8 Å². The predicted molar refractivity (Wildman–Crippen MR) is 80.4 cm³/mol. The molecule has 0 aromatic rings. The van der Waals surface area contributed by atoms with Gasteiger partial charge < -0.3 is 19.9 Å². The highest BCUT2D eigenvalue weighted by atomic mass is 16.6. The Balaban J connectivity index is 4.94. The van der Waals surface area contributed by atoms with Crippen molar-refractivity contribution in [2.45, 2.75) is 72.1 Å². The van der Waals surface area contributed by atoms with Crippen LogP contribution in [-0.4, -0.2) is 40.9 Å². The summed E-state index contributed by atoms with van der Waals surface area (Å²) < 4.78 is 10.1. The summed E-state index contributed by atoms with van der Waals surface area (Å²) >= 11 is 0. The number of carbonyl (C=O) groups excluding carboxylic acids is 2. The lowest BCUT2D eigenvalue weighted by atomic mass is 9.99. The van der Waals surface area contributed by atoms with Gasteiger partial charge in [0.05, 0.1) is 0 Å². The monoisotopic (exact) mass is 317 g/mol. The Morgan fingerprint density at radius 2 is 1.68 bits per heavy atom. The van der Waals surface area contributed by atoms with Gasteiger partial charge in [-0.2, -0.15) is 0 Å². The molecule has 7 nitrogen and oxygen atoms in total. The van der Waals surface area contributed by atoms with Gasteiger partial charge in [0.1, 0.15) is 11.6 Å². The van der Waals surface area contributed by atoms with Gasteiger partial charge in [-0.05, 0) is 33.1 Å². The van der Waals surface area contributed by atoms with E-state index in [9.17, 15) is 14.4 Å². The quantitative estimate of drug-likeness (QED) is 0.699. The van der Waals surface area contributed by atoms with Crippen LogP contribution in [-0.2, 0) is 19.1 Å². The summed E-state index contributed by atoms with van der Waals surface area (Å²) in [5.41, 5.74) is -0.693. The molecule has 0 saturated carbocycles. The largest absolute Gasteiger partial charge is 0.479 e. The molecule has 1 unspecified atom stereocenters. The molecule has 7 heteroatoms. The van der Waals surface area contributed by atoms with Crippen molar-refractivity contribution in [2.24, 2.45) is 5.92 Å². The van der Waals surface area contributed by atoms with Crippen molar-refractivity contribution in [3.63, 3.8) is 0 Å². The van der Waals surface area contributed by atoms with E-state index in [1.54, 1.807) is 34.6 Å². The number of esters is 1. The Kier molecular flexibility index (Phi) is 7.90. The first-order valence-electron chi connectivity index (χ1n) is 7.44. The molecule has 0 fully saturated rings. The number of carboxylic acid groups (broad SMARTS) is 1. The number of alkyl carbamates (subject to hydrolysis) is 1. The first-order valence-corrected chi connectivity index (χ1v) is 7.44. The molecule has 22 heavy (non-hydrogen) atoms. The Hall–Kier alpha value is -1.79. The summed E-state index contributed by atoms with van der Waals surface area (Å²) in [4.78, 5) is 34.9. The molecular weight excluding hydrogens is 290 g/mol. The van der Waals surface area contributed by atoms with Crippen LogP contribution < -0.4 is 5.32 Å². The zero-order valence-electron chi connectivity index (χ0n) is 14.1. The number of carbonyl (C=O) groups is 3. The summed E-state index contributed by atoms with van der Waals surface area (Å²) in [6, 6.07) is -0.951. The minimum Gasteiger partial charge on any atom is -0.479 e. The maximum atomic E-state index is 12.2. The summed E-state index contributed by atoms with van der Waals surface area (Å²) in [5.74, 6) is -2.20. The Bertz CT molecular complexity index is 401. The van der Waals surface area contributed by atoms with Crippen LogP contribution in [0.2, 0.25) is 0 Å². The summed E-state index contributed by atoms with van der Waals surface area (Å²) in [6.45, 7) is 10.4. The van der Waals surface area contributed by atoms with Gasteiger partial charge in [0, 0.05) is 0 Å². The van der Waals surface area contributed by atoms with Crippen LogP contribution in [0.1, 0.15) is 54.4 Å². The second-order valence-electron chi connectivity index (χ2n) is 6.18. The third-order valence-corrected chi connectivity index (χ3v) is 3.04. The zero-order chi connectivity index (χ0) is 17.5. The van der Waals surface area contributed by atoms with Gasteiger partial charge in [-0.3, -0.25) is 0 Å². The summed E-state index contributed by atoms with van der Waals surface area (Å²) in [5, 5.41) is 11.4. The minimum atomic E-state index is -1.22. The molecule has 0 radical (unpaired) electrons. The van der Waals surface area contributed by atoms with Crippen molar-refractivity contribution in [2.75, 3.05) is 0 Å². The van der Waals surface area contributed by atoms with Crippen LogP contribution in [0.15, 0.2) is 0 Å². The van der Waals surface area contributed by atoms with E-state index >= 15 is 0 Å². The topological polar surface area (TPSA) is 102 Å². The van der Waals surface area contributed by atoms with Gasteiger partial charge in [-0.1, -0.05) is 27.2 Å². The highest BCUT2D eigenvalue weighted by molar-refractivity contribution is 5.84. The van der Waals surface area contributed by atoms with Gasteiger partial charge in [0.25, 0.3) is 0 Å². The molecule has 1 amide bonds. The Morgan fingerprint density at radius 3 is 2.05 bits per heavy atom. The van der Waals surface area contributed by atoms with Crippen molar-refractivity contribution < 1.29 is 29.0 Å². The fraction of sp³-hybridized carbons (Fsp3) is 0.800. The first-order chi connectivity index (χ1) is 10.0. The summed E-state index contributed by atoms with van der Waals surface area (Å²) in [6.07, 6.45) is -1.20. The van der Waals surface area contributed by atoms with Gasteiger partial charge in [-0.25, -0.2) is 14.4 Å². The second-order valence-corrected chi connectivity index (χ2v) is 6.18. The Labute approximate surface area is 131 Å². The van der Waals surface area contributed by atoms with Crippen molar-refractivity contribution in [1.82, 2.24) is 5.32 Å². The van der Waals surface area contributed by atoms with Crippen LogP contribution in [0.4, 0.5) is 4.79 Å². The molecule has 0 bridgehead atoms. The molecule has 0 aliphatic rings. The lowest BCUT2D eigenvalue weighted by Gasteiger charge is -2.26. The van der Waals surface area contributed by atoms with Crippen molar-refractivity contribution in [1.29, 1.82) is 0 Å². The SMILES string of the molecule is CCC(OC(=O)[C@@H](NC(=O)OC(C)(C)C)[C@@H](C)CC)C(=O)O. The molecule has 0 aliphatic carbocycles. The van der Waals surface area contributed by atoms with E-state index in [1.807, 2.05) is 6.92 Å². The molecule has 0 aliphatic heterocycles. The van der Waals surface area contributed by atoms with E-state index in [0.717, 1.165) is 0 Å². The molecule has 3 atom stereocenters. The molecule has 0 aromatic carbocycles. The smallest absolute Gasteiger partial charge is 0.408 e. The molecule has 128 valence electrons. The number of aliphatic carboxylic acids is 1. The number of nitrogens with one attached hydrogen (secondary N) is 1. The zero-order valence-corrected chi connectivity index (χ0v) is 14.1. The third kappa shape index (κ3) is 7.28. The number of carboxylic acids is 1. The fourth-order valence-corrected chi connectivity index (χ4v) is 1.63. The molecule has 0 saturated heterocycles. The summed E-state index contributed by atoms with van der Waals surface area (Å²) in [7, 11) is 0. The number of amides is 1. The van der Waals surface area contributed by atoms with Crippen LogP contribution in [0.5, 0.6) is 0 Å².